The van der Waals surface area contributed by atoms with Crippen molar-refractivity contribution >= 4 is 49.3 Å². The van der Waals surface area contributed by atoms with Crippen LogP contribution in [0.2, 0.25) is 5.02 Å². The second-order valence-corrected chi connectivity index (χ2v) is 5.34. The molecule has 0 aliphatic rings. The Morgan fingerprint density at radius 2 is 2.33 bits per heavy atom. The fourth-order valence-electron chi connectivity index (χ4n) is 1.47. The Morgan fingerprint density at radius 1 is 1.53 bits per heavy atom. The summed E-state index contributed by atoms with van der Waals surface area (Å²) in [5, 5.41) is 4.84. The number of aryl methyl sites for hydroxylation is 1. The van der Waals surface area contributed by atoms with Gasteiger partial charge in [-0.3, -0.25) is 0 Å². The lowest BCUT2D eigenvalue weighted by Crippen LogP contribution is -1.88. The highest BCUT2D eigenvalue weighted by Crippen LogP contribution is 2.34. The molecule has 0 fully saturated rings. The van der Waals surface area contributed by atoms with Crippen molar-refractivity contribution in [3.05, 3.63) is 21.1 Å². The summed E-state index contributed by atoms with van der Waals surface area (Å²) in [7, 11) is 0. The molecule has 80 valence electrons. The van der Waals surface area contributed by atoms with E-state index in [0.29, 0.717) is 0 Å². The second-order valence-electron chi connectivity index (χ2n) is 3.39. The van der Waals surface area contributed by atoms with Gasteiger partial charge < -0.3 is 0 Å². The predicted octanol–water partition coefficient (Wildman–Crippen LogP) is 4.45. The van der Waals surface area contributed by atoms with Crippen molar-refractivity contribution in [2.45, 2.75) is 26.2 Å². The number of rotatable bonds is 3. The summed E-state index contributed by atoms with van der Waals surface area (Å²) in [6.07, 6.45) is 3.37. The largest absolute Gasteiger partial charge is 0.137 e. The van der Waals surface area contributed by atoms with Crippen LogP contribution in [0.15, 0.2) is 10.5 Å². The first-order valence-electron chi connectivity index (χ1n) is 4.83. The van der Waals surface area contributed by atoms with Gasteiger partial charge in [0.1, 0.15) is 5.52 Å². The van der Waals surface area contributed by atoms with Gasteiger partial charge in [-0.05, 0) is 51.9 Å². The molecule has 2 aromatic rings. The Bertz CT molecular complexity index is 483. The molecule has 0 aliphatic heterocycles. The first-order chi connectivity index (χ1) is 7.24. The summed E-state index contributed by atoms with van der Waals surface area (Å²) in [4.78, 5) is 0. The van der Waals surface area contributed by atoms with Crippen molar-refractivity contribution in [3.8, 4) is 0 Å². The van der Waals surface area contributed by atoms with E-state index in [9.17, 15) is 0 Å². The summed E-state index contributed by atoms with van der Waals surface area (Å²) < 4.78 is 5.93. The van der Waals surface area contributed by atoms with Crippen LogP contribution in [-0.4, -0.2) is 9.59 Å². The van der Waals surface area contributed by atoms with E-state index in [1.807, 2.05) is 6.07 Å². The highest BCUT2D eigenvalue weighted by Gasteiger charge is 2.12. The zero-order chi connectivity index (χ0) is 10.8. The maximum atomic E-state index is 6.16. The van der Waals surface area contributed by atoms with E-state index >= 15 is 0 Å². The van der Waals surface area contributed by atoms with E-state index in [4.69, 9.17) is 11.6 Å². The van der Waals surface area contributed by atoms with Gasteiger partial charge in [0.15, 0.2) is 0 Å². The van der Waals surface area contributed by atoms with Crippen LogP contribution in [0, 0.1) is 0 Å². The van der Waals surface area contributed by atoms with E-state index in [2.05, 4.69) is 32.4 Å². The lowest BCUT2D eigenvalue weighted by Gasteiger charge is -2.04. The minimum Gasteiger partial charge on any atom is -0.137 e. The van der Waals surface area contributed by atoms with Crippen LogP contribution in [0.1, 0.15) is 25.3 Å². The van der Waals surface area contributed by atoms with Crippen molar-refractivity contribution in [1.29, 1.82) is 0 Å². The lowest BCUT2D eigenvalue weighted by atomic mass is 10.1. The molecule has 0 spiro atoms. The zero-order valence-electron chi connectivity index (χ0n) is 8.26. The third-order valence-electron chi connectivity index (χ3n) is 2.30. The van der Waals surface area contributed by atoms with Crippen molar-refractivity contribution in [2.75, 3.05) is 0 Å². The summed E-state index contributed by atoms with van der Waals surface area (Å²) in [5.41, 5.74) is 2.11. The monoisotopic (exact) mass is 304 g/mol. The Kier molecular flexibility index (Phi) is 3.59. The molecule has 0 unspecified atom stereocenters. The van der Waals surface area contributed by atoms with Crippen LogP contribution in [0.3, 0.4) is 0 Å². The summed E-state index contributed by atoms with van der Waals surface area (Å²) in [5.74, 6) is 0. The maximum Gasteiger partial charge on any atom is 0.121 e. The van der Waals surface area contributed by atoms with Gasteiger partial charge in [-0.25, -0.2) is 0 Å². The van der Waals surface area contributed by atoms with Gasteiger partial charge in [-0.15, -0.1) is 5.10 Å². The molecule has 0 atom stereocenters. The molecule has 2 rings (SSSR count). The third kappa shape index (κ3) is 2.17. The van der Waals surface area contributed by atoms with Gasteiger partial charge in [0, 0.05) is 4.47 Å². The third-order valence-corrected chi connectivity index (χ3v) is 4.35. The maximum absolute atomic E-state index is 6.16. The molecule has 1 aromatic heterocycles. The quantitative estimate of drug-likeness (QED) is 0.837. The van der Waals surface area contributed by atoms with Crippen LogP contribution in [0.4, 0.5) is 0 Å². The summed E-state index contributed by atoms with van der Waals surface area (Å²) in [6.45, 7) is 2.18. The van der Waals surface area contributed by atoms with Gasteiger partial charge in [-0.2, -0.15) is 0 Å². The summed E-state index contributed by atoms with van der Waals surface area (Å²) in [6, 6.07) is 2.02. The number of unbranched alkanes of at least 4 members (excludes halogenated alkanes) is 1. The molecule has 0 amide bonds. The zero-order valence-corrected chi connectivity index (χ0v) is 11.4. The minimum absolute atomic E-state index is 0.759. The number of fused-ring (bicyclic) bond motifs is 1. The van der Waals surface area contributed by atoms with Gasteiger partial charge >= 0.3 is 0 Å². The number of hydrogen-bond donors (Lipinski definition) is 0. The van der Waals surface area contributed by atoms with Crippen LogP contribution < -0.4 is 0 Å². The fraction of sp³-hybridized carbons (Fsp3) is 0.400. The van der Waals surface area contributed by atoms with E-state index in [0.717, 1.165) is 32.6 Å². The Balaban J connectivity index is 2.51. The molecule has 1 heterocycles. The number of aromatic nitrogens is 2. The van der Waals surface area contributed by atoms with Gasteiger partial charge in [0.2, 0.25) is 0 Å². The molecule has 0 aliphatic carbocycles. The average molecular weight is 306 g/mol. The van der Waals surface area contributed by atoms with Gasteiger partial charge in [0.05, 0.1) is 9.72 Å². The van der Waals surface area contributed by atoms with Crippen molar-refractivity contribution in [1.82, 2.24) is 9.59 Å². The number of benzene rings is 1. The topological polar surface area (TPSA) is 25.8 Å². The average Bonchev–Trinajstić information content (AvgIpc) is 2.70. The predicted molar refractivity (Wildman–Crippen MR) is 68.7 cm³/mol. The molecule has 0 saturated carbocycles. The SMILES string of the molecule is CCCCc1cc(Cl)c2snnc2c1Br. The number of hydrogen-bond acceptors (Lipinski definition) is 3. The van der Waals surface area contributed by atoms with E-state index in [1.54, 1.807) is 0 Å². The molecule has 0 saturated heterocycles. The molecule has 1 aromatic carbocycles. The van der Waals surface area contributed by atoms with Crippen LogP contribution in [-0.2, 0) is 6.42 Å². The highest BCUT2D eigenvalue weighted by molar-refractivity contribution is 9.10. The standard InChI is InChI=1S/C10H10BrClN2S/c1-2-3-4-6-5-7(12)10-9(8(6)11)13-14-15-10/h5H,2-4H2,1H3. The lowest BCUT2D eigenvalue weighted by molar-refractivity contribution is 0.793. The molecule has 2 nitrogen and oxygen atoms in total. The molecular weight excluding hydrogens is 296 g/mol. The smallest absolute Gasteiger partial charge is 0.121 e. The van der Waals surface area contributed by atoms with Crippen LogP contribution in [0.25, 0.3) is 10.2 Å². The normalized spacial score (nSPS) is 11.1. The fourth-order valence-corrected chi connectivity index (χ4v) is 3.10. The van der Waals surface area contributed by atoms with Gasteiger partial charge in [-0.1, -0.05) is 29.4 Å². The van der Waals surface area contributed by atoms with Crippen molar-refractivity contribution in [3.63, 3.8) is 0 Å². The van der Waals surface area contributed by atoms with Crippen molar-refractivity contribution in [2.24, 2.45) is 0 Å². The molecule has 0 bridgehead atoms. The highest BCUT2D eigenvalue weighted by atomic mass is 79.9. The first-order valence-corrected chi connectivity index (χ1v) is 6.77. The molecule has 5 heteroatoms. The van der Waals surface area contributed by atoms with Gasteiger partial charge in [0.25, 0.3) is 0 Å². The number of halogens is 2. The molecule has 0 N–H and O–H groups in total. The number of nitrogens with zero attached hydrogens (tertiary/aromatic N) is 2. The van der Waals surface area contributed by atoms with E-state index in [-0.39, 0.29) is 0 Å². The van der Waals surface area contributed by atoms with Crippen LogP contribution in [0.5, 0.6) is 0 Å². The molecule has 15 heavy (non-hydrogen) atoms. The van der Waals surface area contributed by atoms with Crippen molar-refractivity contribution < 1.29 is 0 Å². The Labute approximate surface area is 106 Å². The first kappa shape index (κ1) is 11.3. The summed E-state index contributed by atoms with van der Waals surface area (Å²) >= 11 is 11.1. The van der Waals surface area contributed by atoms with E-state index in [1.165, 1.54) is 23.5 Å². The van der Waals surface area contributed by atoms with E-state index < -0.39 is 0 Å². The second kappa shape index (κ2) is 4.76. The minimum atomic E-state index is 0.759. The Morgan fingerprint density at radius 3 is 3.07 bits per heavy atom. The molecular formula is C10H10BrClN2S. The molecule has 0 radical (unpaired) electrons. The van der Waals surface area contributed by atoms with Crippen LogP contribution >= 0.6 is 39.1 Å². The Hall–Kier alpha value is -0.190.